The predicted octanol–water partition coefficient (Wildman–Crippen LogP) is 3.66. The Morgan fingerprint density at radius 1 is 1.10 bits per heavy atom. The van der Waals surface area contributed by atoms with E-state index in [1.54, 1.807) is 7.11 Å². The third-order valence-corrected chi connectivity index (χ3v) is 5.62. The number of hydrogen-bond acceptors (Lipinski definition) is 4. The van der Waals surface area contributed by atoms with Crippen molar-refractivity contribution < 1.29 is 9.47 Å². The number of benzene rings is 2. The van der Waals surface area contributed by atoms with Crippen molar-refractivity contribution in [2.45, 2.75) is 13.1 Å². The molecule has 2 aromatic carbocycles. The first-order chi connectivity index (χ1) is 14.3. The van der Waals surface area contributed by atoms with Crippen LogP contribution in [0.25, 0.3) is 33.2 Å². The van der Waals surface area contributed by atoms with Gasteiger partial charge in [-0.2, -0.15) is 5.10 Å². The summed E-state index contributed by atoms with van der Waals surface area (Å²) in [5, 5.41) is 7.27. The van der Waals surface area contributed by atoms with Crippen molar-refractivity contribution >= 4 is 21.8 Å². The third kappa shape index (κ3) is 3.67. The minimum atomic E-state index is 0.642. The van der Waals surface area contributed by atoms with Crippen molar-refractivity contribution in [3.05, 3.63) is 54.1 Å². The molecule has 1 aliphatic heterocycles. The maximum Gasteiger partial charge on any atom is 0.116 e. The molecule has 1 fully saturated rings. The molecule has 1 saturated heterocycles. The average molecular weight is 390 g/mol. The summed E-state index contributed by atoms with van der Waals surface area (Å²) in [7, 11) is 1.72. The molecular weight excluding hydrogens is 364 g/mol. The molecule has 0 unspecified atom stereocenters. The van der Waals surface area contributed by atoms with Crippen molar-refractivity contribution in [3.8, 4) is 11.4 Å². The minimum Gasteiger partial charge on any atom is -0.383 e. The summed E-state index contributed by atoms with van der Waals surface area (Å²) in [6.45, 7) is 6.01. The first-order valence-electron chi connectivity index (χ1n) is 10.2. The fourth-order valence-corrected chi connectivity index (χ4v) is 4.10. The Kier molecular flexibility index (Phi) is 5.06. The lowest BCUT2D eigenvalue weighted by atomic mass is 10.1. The molecule has 6 heteroatoms. The Bertz CT molecular complexity index is 1120. The second-order valence-electron chi connectivity index (χ2n) is 7.57. The first-order valence-corrected chi connectivity index (χ1v) is 10.2. The molecule has 0 amide bonds. The topological polar surface area (TPSA) is 55.3 Å². The lowest BCUT2D eigenvalue weighted by Crippen LogP contribution is -2.35. The SMILES string of the molecule is COCCn1nc(-c2cc3cc(CN4CCOCC4)ccc3[nH]2)c2ccccc21. The molecule has 3 heterocycles. The Morgan fingerprint density at radius 2 is 1.97 bits per heavy atom. The zero-order valence-corrected chi connectivity index (χ0v) is 16.7. The summed E-state index contributed by atoms with van der Waals surface area (Å²) in [6, 6.07) is 17.3. The van der Waals surface area contributed by atoms with Crippen LogP contribution in [0.2, 0.25) is 0 Å². The zero-order chi connectivity index (χ0) is 19.6. The van der Waals surface area contributed by atoms with E-state index in [1.807, 2.05) is 4.68 Å². The van der Waals surface area contributed by atoms with E-state index in [9.17, 15) is 0 Å². The number of ether oxygens (including phenoxy) is 2. The van der Waals surface area contributed by atoms with E-state index in [2.05, 4.69) is 58.4 Å². The third-order valence-electron chi connectivity index (χ3n) is 5.62. The maximum absolute atomic E-state index is 5.46. The lowest BCUT2D eigenvalue weighted by Gasteiger charge is -2.26. The standard InChI is InChI=1S/C23H26N4O2/c1-28-11-10-27-22-5-3-2-4-19(22)23(25-27)21-15-18-14-17(6-7-20(18)24-21)16-26-8-12-29-13-9-26/h2-7,14-15,24H,8-13,16H2,1H3. The van der Waals surface area contributed by atoms with E-state index in [0.717, 1.165) is 67.2 Å². The summed E-state index contributed by atoms with van der Waals surface area (Å²) < 4.78 is 12.7. The molecule has 0 spiro atoms. The maximum atomic E-state index is 5.46. The Hall–Kier alpha value is -2.67. The van der Waals surface area contributed by atoms with Gasteiger partial charge in [0.25, 0.3) is 0 Å². The van der Waals surface area contributed by atoms with Crippen LogP contribution < -0.4 is 0 Å². The number of morpholine rings is 1. The Labute approximate surface area is 170 Å². The van der Waals surface area contributed by atoms with Crippen molar-refractivity contribution in [1.29, 1.82) is 0 Å². The predicted molar refractivity (Wildman–Crippen MR) is 115 cm³/mol. The van der Waals surface area contributed by atoms with Crippen LogP contribution in [0, 0.1) is 0 Å². The second kappa shape index (κ2) is 7.99. The molecule has 0 saturated carbocycles. The highest BCUT2D eigenvalue weighted by molar-refractivity contribution is 5.96. The summed E-state index contributed by atoms with van der Waals surface area (Å²) in [5.41, 5.74) is 5.64. The Balaban J connectivity index is 1.49. The van der Waals surface area contributed by atoms with Crippen molar-refractivity contribution in [1.82, 2.24) is 19.7 Å². The second-order valence-corrected chi connectivity index (χ2v) is 7.57. The molecule has 5 rings (SSSR count). The fourth-order valence-electron chi connectivity index (χ4n) is 4.10. The van der Waals surface area contributed by atoms with Crippen LogP contribution in [0.5, 0.6) is 0 Å². The van der Waals surface area contributed by atoms with Crippen LogP contribution in [0.15, 0.2) is 48.5 Å². The van der Waals surface area contributed by atoms with Gasteiger partial charge in [-0.05, 0) is 29.8 Å². The van der Waals surface area contributed by atoms with Crippen LogP contribution >= 0.6 is 0 Å². The van der Waals surface area contributed by atoms with Gasteiger partial charge in [0, 0.05) is 43.0 Å². The van der Waals surface area contributed by atoms with Gasteiger partial charge in [-0.3, -0.25) is 9.58 Å². The number of nitrogens with one attached hydrogen (secondary N) is 1. The van der Waals surface area contributed by atoms with E-state index in [-0.39, 0.29) is 0 Å². The molecule has 0 radical (unpaired) electrons. The smallest absolute Gasteiger partial charge is 0.116 e. The number of H-pyrrole nitrogens is 1. The van der Waals surface area contributed by atoms with Crippen LogP contribution in [-0.4, -0.2) is 59.7 Å². The molecule has 0 bridgehead atoms. The summed E-state index contributed by atoms with van der Waals surface area (Å²) in [6.07, 6.45) is 0. The largest absolute Gasteiger partial charge is 0.383 e. The molecule has 4 aromatic rings. The number of para-hydroxylation sites is 1. The van der Waals surface area contributed by atoms with Gasteiger partial charge in [0.05, 0.1) is 37.6 Å². The number of aromatic amines is 1. The normalized spacial score (nSPS) is 15.5. The first kappa shape index (κ1) is 18.4. The zero-order valence-electron chi connectivity index (χ0n) is 16.7. The summed E-state index contributed by atoms with van der Waals surface area (Å²) >= 11 is 0. The number of hydrogen-bond donors (Lipinski definition) is 1. The molecule has 150 valence electrons. The van der Waals surface area contributed by atoms with Gasteiger partial charge >= 0.3 is 0 Å². The highest BCUT2D eigenvalue weighted by Crippen LogP contribution is 2.30. The molecule has 29 heavy (non-hydrogen) atoms. The van der Waals surface area contributed by atoms with Crippen molar-refractivity contribution in [2.75, 3.05) is 40.0 Å². The number of rotatable bonds is 6. The minimum absolute atomic E-state index is 0.642. The van der Waals surface area contributed by atoms with E-state index in [1.165, 1.54) is 10.9 Å². The van der Waals surface area contributed by atoms with E-state index in [4.69, 9.17) is 14.6 Å². The quantitative estimate of drug-likeness (QED) is 0.546. The molecule has 1 aliphatic rings. The van der Waals surface area contributed by atoms with Gasteiger partial charge < -0.3 is 14.5 Å². The molecule has 0 atom stereocenters. The van der Waals surface area contributed by atoms with Crippen LogP contribution in [-0.2, 0) is 22.6 Å². The van der Waals surface area contributed by atoms with E-state index < -0.39 is 0 Å². The molecule has 2 aromatic heterocycles. The number of aromatic nitrogens is 3. The van der Waals surface area contributed by atoms with Crippen molar-refractivity contribution in [2.24, 2.45) is 0 Å². The van der Waals surface area contributed by atoms with E-state index in [0.29, 0.717) is 6.61 Å². The Morgan fingerprint density at radius 3 is 2.83 bits per heavy atom. The van der Waals surface area contributed by atoms with Gasteiger partial charge in [0.1, 0.15) is 5.69 Å². The van der Waals surface area contributed by atoms with Gasteiger partial charge in [-0.1, -0.05) is 24.3 Å². The molecule has 1 N–H and O–H groups in total. The number of methoxy groups -OCH3 is 1. The van der Waals surface area contributed by atoms with Gasteiger partial charge in [0.15, 0.2) is 0 Å². The lowest BCUT2D eigenvalue weighted by molar-refractivity contribution is 0.0342. The number of fused-ring (bicyclic) bond motifs is 2. The molecule has 0 aliphatic carbocycles. The van der Waals surface area contributed by atoms with Crippen LogP contribution in [0.4, 0.5) is 0 Å². The molecular formula is C23H26N4O2. The fraction of sp³-hybridized carbons (Fsp3) is 0.348. The highest BCUT2D eigenvalue weighted by atomic mass is 16.5. The van der Waals surface area contributed by atoms with Gasteiger partial charge in [-0.15, -0.1) is 0 Å². The summed E-state index contributed by atoms with van der Waals surface area (Å²) in [4.78, 5) is 6.01. The van der Waals surface area contributed by atoms with Crippen LogP contribution in [0.1, 0.15) is 5.56 Å². The van der Waals surface area contributed by atoms with Gasteiger partial charge in [0.2, 0.25) is 0 Å². The van der Waals surface area contributed by atoms with Crippen LogP contribution in [0.3, 0.4) is 0 Å². The van der Waals surface area contributed by atoms with E-state index >= 15 is 0 Å². The molecule has 6 nitrogen and oxygen atoms in total. The number of nitrogens with zero attached hydrogens (tertiary/aromatic N) is 3. The highest BCUT2D eigenvalue weighted by Gasteiger charge is 2.15. The average Bonchev–Trinajstić information content (AvgIpc) is 3.34. The summed E-state index contributed by atoms with van der Waals surface area (Å²) in [5.74, 6) is 0. The monoisotopic (exact) mass is 390 g/mol. The van der Waals surface area contributed by atoms with Crippen molar-refractivity contribution in [3.63, 3.8) is 0 Å². The van der Waals surface area contributed by atoms with Gasteiger partial charge in [-0.25, -0.2) is 0 Å².